The Balaban J connectivity index is 1.70. The molecule has 2 aromatic carbocycles. The van der Waals surface area contributed by atoms with Crippen LogP contribution >= 0.6 is 11.6 Å². The summed E-state index contributed by atoms with van der Waals surface area (Å²) in [5.74, 6) is -1.64. The Kier molecular flexibility index (Phi) is 8.05. The first kappa shape index (κ1) is 25.7. The fourth-order valence-corrected chi connectivity index (χ4v) is 4.15. The summed E-state index contributed by atoms with van der Waals surface area (Å²) in [5, 5.41) is 2.90. The third-order valence-electron chi connectivity index (χ3n) is 4.73. The highest BCUT2D eigenvalue weighted by atomic mass is 35.5. The van der Waals surface area contributed by atoms with Gasteiger partial charge in [-0.25, -0.2) is 22.9 Å². The topological polar surface area (TPSA) is 141 Å². The van der Waals surface area contributed by atoms with Crippen LogP contribution in [0.4, 0.5) is 0 Å². The van der Waals surface area contributed by atoms with Crippen molar-refractivity contribution in [2.75, 3.05) is 14.2 Å². The maximum Gasteiger partial charge on any atom is 0.356 e. The SMILES string of the molecule is COC(=O)c1ccc(C(=O)NS(=O)(=O)c2cccc(CNC(=O)c3cc(OC)ccc3Cl)c2)cn1. The number of methoxy groups -OCH3 is 2. The lowest BCUT2D eigenvalue weighted by Gasteiger charge is -2.11. The molecule has 3 rings (SSSR count). The number of nitrogens with zero attached hydrogens (tertiary/aromatic N) is 1. The van der Waals surface area contributed by atoms with Gasteiger partial charge in [-0.3, -0.25) is 9.59 Å². The number of nitrogens with one attached hydrogen (secondary N) is 2. The van der Waals surface area contributed by atoms with Gasteiger partial charge in [-0.15, -0.1) is 0 Å². The standard InChI is InChI=1S/C23H20ClN3O7S/c1-33-16-7-8-19(24)18(11-16)22(29)26-12-14-4-3-5-17(10-14)35(31,32)27-21(28)15-6-9-20(25-13-15)23(30)34-2/h3-11,13H,12H2,1-2H3,(H,26,29)(H,27,28). The van der Waals surface area contributed by atoms with Gasteiger partial charge in [-0.1, -0.05) is 23.7 Å². The molecule has 0 fully saturated rings. The summed E-state index contributed by atoms with van der Waals surface area (Å²) < 4.78 is 37.0. The highest BCUT2D eigenvalue weighted by Crippen LogP contribution is 2.22. The second-order valence-corrected chi connectivity index (χ2v) is 9.12. The second-order valence-electron chi connectivity index (χ2n) is 7.03. The number of hydrogen-bond acceptors (Lipinski definition) is 8. The molecule has 10 nitrogen and oxygen atoms in total. The summed E-state index contributed by atoms with van der Waals surface area (Å²) in [4.78, 5) is 40.0. The molecule has 0 unspecified atom stereocenters. The molecule has 0 atom stereocenters. The predicted molar refractivity (Wildman–Crippen MR) is 126 cm³/mol. The molecule has 0 aliphatic heterocycles. The number of amides is 2. The van der Waals surface area contributed by atoms with E-state index in [2.05, 4.69) is 15.0 Å². The number of pyridine rings is 1. The number of halogens is 1. The number of carbonyl (C=O) groups excluding carboxylic acids is 3. The molecule has 0 spiro atoms. The van der Waals surface area contributed by atoms with Crippen LogP contribution in [-0.4, -0.2) is 45.4 Å². The van der Waals surface area contributed by atoms with E-state index in [1.807, 2.05) is 4.72 Å². The van der Waals surface area contributed by atoms with E-state index in [-0.39, 0.29) is 33.3 Å². The molecule has 0 saturated heterocycles. The Morgan fingerprint density at radius 3 is 2.43 bits per heavy atom. The Hall–Kier alpha value is -3.96. The van der Waals surface area contributed by atoms with Crippen molar-refractivity contribution >= 4 is 39.4 Å². The van der Waals surface area contributed by atoms with Gasteiger partial charge in [-0.05, 0) is 48.0 Å². The van der Waals surface area contributed by atoms with Crippen molar-refractivity contribution in [2.24, 2.45) is 0 Å². The molecule has 0 saturated carbocycles. The van der Waals surface area contributed by atoms with Crippen LogP contribution in [0.25, 0.3) is 0 Å². The Morgan fingerprint density at radius 2 is 1.77 bits per heavy atom. The minimum Gasteiger partial charge on any atom is -0.497 e. The van der Waals surface area contributed by atoms with Crippen LogP contribution in [0.5, 0.6) is 5.75 Å². The number of carbonyl (C=O) groups is 3. The molecule has 1 heterocycles. The van der Waals surface area contributed by atoms with Gasteiger partial charge in [-0.2, -0.15) is 0 Å². The predicted octanol–water partition coefficient (Wildman–Crippen LogP) is 2.58. The molecular weight excluding hydrogens is 498 g/mol. The monoisotopic (exact) mass is 517 g/mol. The lowest BCUT2D eigenvalue weighted by Crippen LogP contribution is -2.31. The van der Waals surface area contributed by atoms with Gasteiger partial charge >= 0.3 is 5.97 Å². The van der Waals surface area contributed by atoms with Crippen LogP contribution in [0, 0.1) is 0 Å². The van der Waals surface area contributed by atoms with E-state index in [1.165, 1.54) is 56.7 Å². The quantitative estimate of drug-likeness (QED) is 0.434. The van der Waals surface area contributed by atoms with Crippen molar-refractivity contribution in [3.8, 4) is 5.75 Å². The van der Waals surface area contributed by atoms with Crippen LogP contribution in [0.1, 0.15) is 36.8 Å². The minimum atomic E-state index is -4.24. The van der Waals surface area contributed by atoms with E-state index in [0.29, 0.717) is 11.3 Å². The van der Waals surface area contributed by atoms with E-state index >= 15 is 0 Å². The van der Waals surface area contributed by atoms with Crippen molar-refractivity contribution in [1.82, 2.24) is 15.0 Å². The van der Waals surface area contributed by atoms with Gasteiger partial charge in [0.2, 0.25) is 0 Å². The van der Waals surface area contributed by atoms with Crippen LogP contribution in [0.2, 0.25) is 5.02 Å². The molecule has 12 heteroatoms. The molecule has 1 aromatic heterocycles. The Labute approximate surface area is 206 Å². The summed E-state index contributed by atoms with van der Waals surface area (Å²) in [6.45, 7) is 0.00257. The molecule has 0 aliphatic rings. The Morgan fingerprint density at radius 1 is 1.00 bits per heavy atom. The lowest BCUT2D eigenvalue weighted by atomic mass is 10.2. The molecule has 0 aliphatic carbocycles. The number of esters is 1. The number of aromatic nitrogens is 1. The minimum absolute atomic E-state index is 0.00257. The average molecular weight is 518 g/mol. The van der Waals surface area contributed by atoms with E-state index in [0.717, 1.165) is 6.20 Å². The van der Waals surface area contributed by atoms with Crippen LogP contribution in [0.15, 0.2) is 65.7 Å². The van der Waals surface area contributed by atoms with Crippen molar-refractivity contribution < 1.29 is 32.3 Å². The van der Waals surface area contributed by atoms with Crippen molar-refractivity contribution in [2.45, 2.75) is 11.4 Å². The average Bonchev–Trinajstić information content (AvgIpc) is 2.87. The second kappa shape index (κ2) is 11.0. The smallest absolute Gasteiger partial charge is 0.356 e. The summed E-state index contributed by atoms with van der Waals surface area (Å²) >= 11 is 6.08. The fraction of sp³-hybridized carbons (Fsp3) is 0.130. The summed E-state index contributed by atoms with van der Waals surface area (Å²) in [6.07, 6.45) is 1.06. The van der Waals surface area contributed by atoms with E-state index in [4.69, 9.17) is 16.3 Å². The van der Waals surface area contributed by atoms with Crippen LogP contribution in [-0.2, 0) is 21.3 Å². The molecule has 3 aromatic rings. The van der Waals surface area contributed by atoms with Gasteiger partial charge in [0.05, 0.1) is 35.3 Å². The number of hydrogen-bond donors (Lipinski definition) is 2. The lowest BCUT2D eigenvalue weighted by molar-refractivity contribution is 0.0593. The molecule has 182 valence electrons. The van der Waals surface area contributed by atoms with Gasteiger partial charge in [0.25, 0.3) is 21.8 Å². The largest absolute Gasteiger partial charge is 0.497 e. The normalized spacial score (nSPS) is 10.8. The third-order valence-corrected chi connectivity index (χ3v) is 6.39. The zero-order valence-electron chi connectivity index (χ0n) is 18.6. The number of benzene rings is 2. The summed E-state index contributed by atoms with van der Waals surface area (Å²) in [7, 11) is -1.59. The molecule has 2 N–H and O–H groups in total. The zero-order valence-corrected chi connectivity index (χ0v) is 20.1. The van der Waals surface area contributed by atoms with Crippen molar-refractivity contribution in [3.05, 3.63) is 88.2 Å². The summed E-state index contributed by atoms with van der Waals surface area (Å²) in [6, 6.07) is 12.8. The number of rotatable bonds is 8. The van der Waals surface area contributed by atoms with E-state index in [1.54, 1.807) is 12.1 Å². The maximum atomic E-state index is 12.7. The first-order chi connectivity index (χ1) is 16.6. The molecule has 2 amide bonds. The van der Waals surface area contributed by atoms with E-state index in [9.17, 15) is 22.8 Å². The van der Waals surface area contributed by atoms with Gasteiger partial charge < -0.3 is 14.8 Å². The fourth-order valence-electron chi connectivity index (χ4n) is 2.90. The molecule has 0 radical (unpaired) electrons. The molecular formula is C23H20ClN3O7S. The third kappa shape index (κ3) is 6.34. The van der Waals surface area contributed by atoms with Crippen molar-refractivity contribution in [3.63, 3.8) is 0 Å². The number of sulfonamides is 1. The first-order valence-electron chi connectivity index (χ1n) is 9.97. The highest BCUT2D eigenvalue weighted by Gasteiger charge is 2.20. The molecule has 0 bridgehead atoms. The zero-order chi connectivity index (χ0) is 25.6. The highest BCUT2D eigenvalue weighted by molar-refractivity contribution is 7.90. The van der Waals surface area contributed by atoms with Gasteiger partial charge in [0, 0.05) is 12.7 Å². The first-order valence-corrected chi connectivity index (χ1v) is 11.8. The summed E-state index contributed by atoms with van der Waals surface area (Å²) in [5.41, 5.74) is 0.572. The van der Waals surface area contributed by atoms with Crippen molar-refractivity contribution in [1.29, 1.82) is 0 Å². The van der Waals surface area contributed by atoms with Gasteiger partial charge in [0.15, 0.2) is 0 Å². The Bertz CT molecular complexity index is 1380. The number of ether oxygens (including phenoxy) is 2. The van der Waals surface area contributed by atoms with Crippen LogP contribution < -0.4 is 14.8 Å². The van der Waals surface area contributed by atoms with E-state index < -0.39 is 27.8 Å². The van der Waals surface area contributed by atoms with Crippen LogP contribution in [0.3, 0.4) is 0 Å². The maximum absolute atomic E-state index is 12.7. The molecule has 35 heavy (non-hydrogen) atoms. The van der Waals surface area contributed by atoms with Gasteiger partial charge in [0.1, 0.15) is 11.4 Å².